The van der Waals surface area contributed by atoms with E-state index in [-0.39, 0.29) is 0 Å². The van der Waals surface area contributed by atoms with Gasteiger partial charge in [0.15, 0.2) is 10.3 Å². The number of pyridine rings is 1. The molecule has 0 aliphatic rings. The van der Waals surface area contributed by atoms with E-state index in [1.165, 1.54) is 0 Å². The highest BCUT2D eigenvalue weighted by atomic mass is 32.1. The molecule has 0 radical (unpaired) electrons. The van der Waals surface area contributed by atoms with Gasteiger partial charge in [0.2, 0.25) is 0 Å². The first-order valence-corrected chi connectivity index (χ1v) is 7.53. The topological polar surface area (TPSA) is 56.0 Å². The fourth-order valence-electron chi connectivity index (χ4n) is 2.62. The third-order valence-corrected chi connectivity index (χ3v) is 4.04. The van der Waals surface area contributed by atoms with E-state index in [0.29, 0.717) is 10.3 Å². The summed E-state index contributed by atoms with van der Waals surface area (Å²) in [4.78, 5) is 17.4. The molecule has 0 aliphatic carbocycles. The van der Waals surface area contributed by atoms with Crippen molar-refractivity contribution in [3.05, 3.63) is 42.4 Å². The van der Waals surface area contributed by atoms with Crippen molar-refractivity contribution in [2.75, 3.05) is 0 Å². The molecule has 0 spiro atoms. The number of aryl methyl sites for hydroxylation is 1. The predicted octanol–water partition coefficient (Wildman–Crippen LogP) is 3.23. The van der Waals surface area contributed by atoms with Gasteiger partial charge in [-0.25, -0.2) is 19.9 Å². The van der Waals surface area contributed by atoms with Crippen LogP contribution in [-0.2, 0) is 0 Å². The van der Waals surface area contributed by atoms with E-state index in [0.717, 1.165) is 33.5 Å². The quantitative estimate of drug-likeness (QED) is 0.417. The number of nitrogens with zero attached hydrogens (tertiary/aromatic N) is 5. The smallest absolute Gasteiger partial charge is 0.184 e. The molecule has 5 nitrogen and oxygen atoms in total. The van der Waals surface area contributed by atoms with Crippen molar-refractivity contribution in [3.63, 3.8) is 0 Å². The number of hydrogen-bond donors (Lipinski definition) is 2. The number of rotatable bonds is 1. The number of thiol groups is 2. The standard InChI is InChI=1S/C15H11N5S2/c1-8-2-3-9-12(10-4-6-16-14(21)19-10)11-5-7-17-15(22)20(11)13(9)18-8/h2-7H,1H3,(H,17,22)(H,16,19,21). The van der Waals surface area contributed by atoms with Crippen LogP contribution in [0.2, 0.25) is 0 Å². The maximum atomic E-state index is 4.64. The van der Waals surface area contributed by atoms with Gasteiger partial charge in [0.25, 0.3) is 0 Å². The second-order valence-corrected chi connectivity index (χ2v) is 5.71. The van der Waals surface area contributed by atoms with Crippen LogP contribution >= 0.6 is 25.3 Å². The number of aromatic nitrogens is 5. The lowest BCUT2D eigenvalue weighted by Crippen LogP contribution is -1.93. The first-order chi connectivity index (χ1) is 10.6. The van der Waals surface area contributed by atoms with Gasteiger partial charge < -0.3 is 0 Å². The Morgan fingerprint density at radius 1 is 0.955 bits per heavy atom. The van der Waals surface area contributed by atoms with Crippen LogP contribution in [0.25, 0.3) is 27.8 Å². The minimum Gasteiger partial charge on any atom is -0.272 e. The average molecular weight is 325 g/mol. The zero-order valence-electron chi connectivity index (χ0n) is 11.6. The molecule has 4 aromatic rings. The normalized spacial score (nSPS) is 11.4. The van der Waals surface area contributed by atoms with E-state index in [1.807, 2.05) is 35.6 Å². The molecule has 4 heterocycles. The van der Waals surface area contributed by atoms with Crippen molar-refractivity contribution in [1.29, 1.82) is 0 Å². The third kappa shape index (κ3) is 1.97. The molecule has 4 rings (SSSR count). The van der Waals surface area contributed by atoms with Crippen LogP contribution in [0.15, 0.2) is 47.0 Å². The van der Waals surface area contributed by atoms with Crippen LogP contribution in [0.5, 0.6) is 0 Å². The largest absolute Gasteiger partial charge is 0.272 e. The van der Waals surface area contributed by atoms with E-state index in [9.17, 15) is 0 Å². The zero-order chi connectivity index (χ0) is 15.3. The maximum Gasteiger partial charge on any atom is 0.184 e. The van der Waals surface area contributed by atoms with Crippen molar-refractivity contribution < 1.29 is 0 Å². The van der Waals surface area contributed by atoms with Gasteiger partial charge in [-0.15, -0.1) is 25.3 Å². The Bertz CT molecular complexity index is 1030. The predicted molar refractivity (Wildman–Crippen MR) is 90.8 cm³/mol. The van der Waals surface area contributed by atoms with Crippen molar-refractivity contribution in [3.8, 4) is 11.3 Å². The molecule has 0 aromatic carbocycles. The van der Waals surface area contributed by atoms with E-state index in [4.69, 9.17) is 0 Å². The lowest BCUT2D eigenvalue weighted by molar-refractivity contribution is 0.924. The van der Waals surface area contributed by atoms with Crippen molar-refractivity contribution in [2.45, 2.75) is 17.2 Å². The van der Waals surface area contributed by atoms with E-state index < -0.39 is 0 Å². The van der Waals surface area contributed by atoms with Crippen LogP contribution in [0, 0.1) is 6.92 Å². The zero-order valence-corrected chi connectivity index (χ0v) is 13.4. The summed E-state index contributed by atoms with van der Waals surface area (Å²) >= 11 is 8.71. The highest BCUT2D eigenvalue weighted by Gasteiger charge is 2.17. The van der Waals surface area contributed by atoms with Crippen molar-refractivity contribution in [2.24, 2.45) is 0 Å². The van der Waals surface area contributed by atoms with Crippen LogP contribution in [0.1, 0.15) is 5.69 Å². The summed E-state index contributed by atoms with van der Waals surface area (Å²) in [6.45, 7) is 1.96. The summed E-state index contributed by atoms with van der Waals surface area (Å²) in [5, 5.41) is 2.03. The fourth-order valence-corrected chi connectivity index (χ4v) is 3.07. The van der Waals surface area contributed by atoms with E-state index in [2.05, 4.69) is 45.2 Å². The highest BCUT2D eigenvalue weighted by molar-refractivity contribution is 7.80. The van der Waals surface area contributed by atoms with E-state index >= 15 is 0 Å². The second-order valence-electron chi connectivity index (χ2n) is 4.91. The molecule has 22 heavy (non-hydrogen) atoms. The van der Waals surface area contributed by atoms with Crippen LogP contribution in [-0.4, -0.2) is 24.3 Å². The molecule has 0 N–H and O–H groups in total. The van der Waals surface area contributed by atoms with Crippen LogP contribution < -0.4 is 0 Å². The Morgan fingerprint density at radius 3 is 2.59 bits per heavy atom. The molecule has 4 aromatic heterocycles. The van der Waals surface area contributed by atoms with Gasteiger partial charge >= 0.3 is 0 Å². The second kappa shape index (κ2) is 4.96. The van der Waals surface area contributed by atoms with Gasteiger partial charge in [-0.05, 0) is 31.2 Å². The Morgan fingerprint density at radius 2 is 1.77 bits per heavy atom. The van der Waals surface area contributed by atoms with Crippen molar-refractivity contribution >= 4 is 41.8 Å². The Kier molecular flexibility index (Phi) is 3.05. The Balaban J connectivity index is 2.23. The summed E-state index contributed by atoms with van der Waals surface area (Å²) < 4.78 is 1.93. The van der Waals surface area contributed by atoms with Gasteiger partial charge in [0.1, 0.15) is 5.65 Å². The lowest BCUT2D eigenvalue weighted by Gasteiger charge is -2.01. The molecule has 0 bridgehead atoms. The van der Waals surface area contributed by atoms with Crippen LogP contribution in [0.3, 0.4) is 0 Å². The molecule has 0 atom stereocenters. The fraction of sp³-hybridized carbons (Fsp3) is 0.0667. The molecule has 0 aliphatic heterocycles. The van der Waals surface area contributed by atoms with Crippen molar-refractivity contribution in [1.82, 2.24) is 24.3 Å². The van der Waals surface area contributed by atoms with E-state index in [1.54, 1.807) is 12.4 Å². The van der Waals surface area contributed by atoms with Gasteiger partial charge in [-0.1, -0.05) is 0 Å². The summed E-state index contributed by atoms with van der Waals surface area (Å²) in [5.74, 6) is 0. The van der Waals surface area contributed by atoms with Gasteiger partial charge in [-0.2, -0.15) is 0 Å². The number of fused-ring (bicyclic) bond motifs is 3. The molecule has 0 saturated carbocycles. The SMILES string of the molecule is Cc1ccc2c(-c3ccnc(S)n3)c3ccnc(S)n3c2n1. The molecule has 0 saturated heterocycles. The third-order valence-electron chi connectivity index (χ3n) is 3.51. The molecule has 0 unspecified atom stereocenters. The minimum absolute atomic E-state index is 0.435. The molecule has 0 fully saturated rings. The molecule has 0 amide bonds. The highest BCUT2D eigenvalue weighted by Crippen LogP contribution is 2.34. The Hall–Kier alpha value is -2.12. The first-order valence-electron chi connectivity index (χ1n) is 6.63. The van der Waals surface area contributed by atoms with Crippen LogP contribution in [0.4, 0.5) is 0 Å². The summed E-state index contributed by atoms with van der Waals surface area (Å²) in [5.41, 5.74) is 4.50. The summed E-state index contributed by atoms with van der Waals surface area (Å²) in [7, 11) is 0. The minimum atomic E-state index is 0.435. The first kappa shape index (κ1) is 13.5. The molecule has 7 heteroatoms. The Labute approximate surface area is 137 Å². The molecular formula is C15H11N5S2. The van der Waals surface area contributed by atoms with Gasteiger partial charge in [-0.3, -0.25) is 4.40 Å². The maximum absolute atomic E-state index is 4.64. The number of hydrogen-bond acceptors (Lipinski definition) is 6. The summed E-state index contributed by atoms with van der Waals surface area (Å²) in [6.07, 6.45) is 3.43. The van der Waals surface area contributed by atoms with Gasteiger partial charge in [0, 0.05) is 29.0 Å². The summed E-state index contributed by atoms with van der Waals surface area (Å²) in [6, 6.07) is 7.84. The molecular weight excluding hydrogens is 314 g/mol. The average Bonchev–Trinajstić information content (AvgIpc) is 2.82. The van der Waals surface area contributed by atoms with Gasteiger partial charge in [0.05, 0.1) is 11.2 Å². The lowest BCUT2D eigenvalue weighted by atomic mass is 10.1. The monoisotopic (exact) mass is 325 g/mol. The molecule has 108 valence electrons.